The number of nitrogens with one attached hydrogen (secondary N) is 1. The Hall–Kier alpha value is -2.62. The molecule has 0 fully saturated rings. The van der Waals surface area contributed by atoms with Crippen LogP contribution in [0, 0.1) is 11.8 Å². The van der Waals surface area contributed by atoms with Gasteiger partial charge in [0.25, 0.3) is 0 Å². The van der Waals surface area contributed by atoms with E-state index in [1.54, 1.807) is 36.4 Å². The number of sulfonamides is 1. The van der Waals surface area contributed by atoms with Crippen molar-refractivity contribution < 1.29 is 13.2 Å². The molecule has 5 nitrogen and oxygen atoms in total. The highest BCUT2D eigenvalue weighted by Gasteiger charge is 2.16. The fraction of sp³-hybridized carbons (Fsp3) is 0.250. The molecule has 2 rings (SSSR count). The minimum atomic E-state index is -3.61. The van der Waals surface area contributed by atoms with Gasteiger partial charge in [0.05, 0.1) is 11.4 Å². The highest BCUT2D eigenvalue weighted by Crippen LogP contribution is 2.23. The predicted molar refractivity (Wildman–Crippen MR) is 102 cm³/mol. The van der Waals surface area contributed by atoms with Gasteiger partial charge >= 0.3 is 0 Å². The number of benzene rings is 2. The molecule has 6 heteroatoms. The molecule has 0 saturated heterocycles. The second kappa shape index (κ2) is 7.73. The van der Waals surface area contributed by atoms with E-state index in [0.29, 0.717) is 11.1 Å². The molecular weight excluding hydrogens is 348 g/mol. The number of amides is 1. The molecule has 0 radical (unpaired) electrons. The SMILES string of the molecule is CC(C)(C)c1ccc(S(=O)(=O)NCC#Cc2ccc(C(N)=O)cc2)cc1. The monoisotopic (exact) mass is 370 g/mol. The number of primary amides is 1. The number of rotatable bonds is 4. The highest BCUT2D eigenvalue weighted by atomic mass is 32.2. The van der Waals surface area contributed by atoms with Crippen molar-refractivity contribution in [3.8, 4) is 11.8 Å². The molecule has 26 heavy (non-hydrogen) atoms. The van der Waals surface area contributed by atoms with Crippen molar-refractivity contribution in [2.75, 3.05) is 6.54 Å². The summed E-state index contributed by atoms with van der Waals surface area (Å²) in [6.07, 6.45) is 0. The lowest BCUT2D eigenvalue weighted by atomic mass is 9.87. The molecule has 2 aromatic rings. The van der Waals surface area contributed by atoms with Crippen molar-refractivity contribution in [1.29, 1.82) is 0 Å². The molecule has 0 aromatic heterocycles. The summed E-state index contributed by atoms with van der Waals surface area (Å²) in [6.45, 7) is 6.20. The van der Waals surface area contributed by atoms with Crippen molar-refractivity contribution in [1.82, 2.24) is 4.72 Å². The zero-order chi connectivity index (χ0) is 19.4. The van der Waals surface area contributed by atoms with Gasteiger partial charge in [0.15, 0.2) is 0 Å². The lowest BCUT2D eigenvalue weighted by molar-refractivity contribution is 0.100. The Morgan fingerprint density at radius 3 is 2.12 bits per heavy atom. The Labute approximate surface area is 154 Å². The maximum absolute atomic E-state index is 12.3. The third-order valence-electron chi connectivity index (χ3n) is 3.78. The quantitative estimate of drug-likeness (QED) is 0.810. The molecule has 136 valence electrons. The normalized spacial score (nSPS) is 11.5. The average Bonchev–Trinajstić information content (AvgIpc) is 2.58. The van der Waals surface area contributed by atoms with E-state index in [9.17, 15) is 13.2 Å². The van der Waals surface area contributed by atoms with Gasteiger partial charge in [-0.1, -0.05) is 44.7 Å². The van der Waals surface area contributed by atoms with Gasteiger partial charge in [0.2, 0.25) is 15.9 Å². The number of carbonyl (C=O) groups is 1. The van der Waals surface area contributed by atoms with Crippen LogP contribution in [0.4, 0.5) is 0 Å². The first-order valence-electron chi connectivity index (χ1n) is 8.08. The van der Waals surface area contributed by atoms with Gasteiger partial charge in [0, 0.05) is 11.1 Å². The molecule has 1 amide bonds. The van der Waals surface area contributed by atoms with Crippen LogP contribution in [0.2, 0.25) is 0 Å². The van der Waals surface area contributed by atoms with Crippen molar-refractivity contribution in [3.05, 3.63) is 65.2 Å². The van der Waals surface area contributed by atoms with E-state index < -0.39 is 15.9 Å². The van der Waals surface area contributed by atoms with Crippen LogP contribution in [-0.4, -0.2) is 20.9 Å². The Balaban J connectivity index is 2.01. The number of nitrogens with two attached hydrogens (primary N) is 1. The summed E-state index contributed by atoms with van der Waals surface area (Å²) in [5.74, 6) is 5.09. The van der Waals surface area contributed by atoms with Crippen LogP contribution in [0.15, 0.2) is 53.4 Å². The van der Waals surface area contributed by atoms with Gasteiger partial charge in [-0.25, -0.2) is 8.42 Å². The van der Waals surface area contributed by atoms with E-state index >= 15 is 0 Å². The average molecular weight is 370 g/mol. The fourth-order valence-corrected chi connectivity index (χ4v) is 3.14. The number of carbonyl (C=O) groups excluding carboxylic acids is 1. The zero-order valence-electron chi connectivity index (χ0n) is 15.0. The van der Waals surface area contributed by atoms with E-state index in [1.807, 2.05) is 12.1 Å². The summed E-state index contributed by atoms with van der Waals surface area (Å²) in [4.78, 5) is 11.2. The molecule has 0 atom stereocenters. The fourth-order valence-electron chi connectivity index (χ4n) is 2.21. The number of hydrogen-bond acceptors (Lipinski definition) is 3. The predicted octanol–water partition coefficient (Wildman–Crippen LogP) is 2.41. The molecule has 0 unspecified atom stereocenters. The summed E-state index contributed by atoms with van der Waals surface area (Å²) in [7, 11) is -3.61. The van der Waals surface area contributed by atoms with Crippen LogP contribution < -0.4 is 10.5 Å². The van der Waals surface area contributed by atoms with Crippen molar-refractivity contribution >= 4 is 15.9 Å². The molecule has 3 N–H and O–H groups in total. The van der Waals surface area contributed by atoms with E-state index in [4.69, 9.17) is 5.73 Å². The van der Waals surface area contributed by atoms with Gasteiger partial charge in [-0.05, 0) is 47.4 Å². The molecule has 0 aliphatic heterocycles. The van der Waals surface area contributed by atoms with Crippen LogP contribution in [0.3, 0.4) is 0 Å². The standard InChI is InChI=1S/C20H22N2O3S/c1-20(2,3)17-10-12-18(13-11-17)26(24,25)22-14-4-5-15-6-8-16(9-7-15)19(21)23/h6-13,22H,14H2,1-3H3,(H2,21,23). The van der Waals surface area contributed by atoms with E-state index in [0.717, 1.165) is 5.56 Å². The van der Waals surface area contributed by atoms with E-state index in [-0.39, 0.29) is 16.9 Å². The minimum absolute atomic E-state index is 0.0130. The molecular formula is C20H22N2O3S. The summed E-state index contributed by atoms with van der Waals surface area (Å²) in [5.41, 5.74) is 7.27. The molecule has 0 bridgehead atoms. The maximum Gasteiger partial charge on any atom is 0.248 e. The second-order valence-corrected chi connectivity index (χ2v) is 8.61. The van der Waals surface area contributed by atoms with Crippen LogP contribution >= 0.6 is 0 Å². The van der Waals surface area contributed by atoms with Gasteiger partial charge in [0.1, 0.15) is 0 Å². The Morgan fingerprint density at radius 1 is 1.04 bits per heavy atom. The maximum atomic E-state index is 12.3. The first-order chi connectivity index (χ1) is 12.1. The van der Waals surface area contributed by atoms with Crippen LogP contribution in [0.25, 0.3) is 0 Å². The lowest BCUT2D eigenvalue weighted by Crippen LogP contribution is -2.24. The molecule has 0 aliphatic carbocycles. The second-order valence-electron chi connectivity index (χ2n) is 6.84. The molecule has 0 saturated carbocycles. The Bertz CT molecular complexity index is 943. The van der Waals surface area contributed by atoms with Crippen LogP contribution in [-0.2, 0) is 15.4 Å². The highest BCUT2D eigenvalue weighted by molar-refractivity contribution is 7.89. The largest absolute Gasteiger partial charge is 0.366 e. The van der Waals surface area contributed by atoms with Gasteiger partial charge in [-0.2, -0.15) is 4.72 Å². The molecule has 0 spiro atoms. The Kier molecular flexibility index (Phi) is 5.86. The van der Waals surface area contributed by atoms with Crippen molar-refractivity contribution in [2.24, 2.45) is 5.73 Å². The summed E-state index contributed by atoms with van der Waals surface area (Å²) in [5, 5.41) is 0. The Morgan fingerprint density at radius 2 is 1.62 bits per heavy atom. The first kappa shape index (κ1) is 19.7. The van der Waals surface area contributed by atoms with Crippen molar-refractivity contribution in [2.45, 2.75) is 31.1 Å². The van der Waals surface area contributed by atoms with Crippen molar-refractivity contribution in [3.63, 3.8) is 0 Å². The van der Waals surface area contributed by atoms with Crippen LogP contribution in [0.5, 0.6) is 0 Å². The third-order valence-corrected chi connectivity index (χ3v) is 5.20. The number of hydrogen-bond donors (Lipinski definition) is 2. The minimum Gasteiger partial charge on any atom is -0.366 e. The summed E-state index contributed by atoms with van der Waals surface area (Å²) >= 11 is 0. The molecule has 2 aromatic carbocycles. The summed E-state index contributed by atoms with van der Waals surface area (Å²) in [6, 6.07) is 13.3. The van der Waals surface area contributed by atoms with Gasteiger partial charge in [-0.15, -0.1) is 0 Å². The third kappa shape index (κ3) is 5.19. The van der Waals surface area contributed by atoms with Gasteiger partial charge in [-0.3, -0.25) is 4.79 Å². The smallest absolute Gasteiger partial charge is 0.248 e. The van der Waals surface area contributed by atoms with E-state index in [2.05, 4.69) is 37.3 Å². The lowest BCUT2D eigenvalue weighted by Gasteiger charge is -2.19. The first-order valence-corrected chi connectivity index (χ1v) is 9.57. The zero-order valence-corrected chi connectivity index (χ0v) is 15.9. The molecule has 0 heterocycles. The molecule has 0 aliphatic rings. The summed E-state index contributed by atoms with van der Waals surface area (Å²) < 4.78 is 27.0. The topological polar surface area (TPSA) is 89.3 Å². The van der Waals surface area contributed by atoms with Crippen LogP contribution in [0.1, 0.15) is 42.3 Å². The van der Waals surface area contributed by atoms with Gasteiger partial charge < -0.3 is 5.73 Å². The van der Waals surface area contributed by atoms with E-state index in [1.165, 1.54) is 0 Å².